The minimum absolute atomic E-state index is 0.119. The Morgan fingerprint density at radius 3 is 1.68 bits per heavy atom. The number of aromatic amines is 2. The summed E-state index contributed by atoms with van der Waals surface area (Å²) >= 11 is 0. The normalized spacial score (nSPS) is 23.9. The second-order valence-corrected chi connectivity index (χ2v) is 20.7. The van der Waals surface area contributed by atoms with E-state index in [2.05, 4.69) is 74.6 Å². The number of halogens is 1. The van der Waals surface area contributed by atoms with Crippen LogP contribution in [0.4, 0.5) is 25.4 Å². The van der Waals surface area contributed by atoms with Gasteiger partial charge in [-0.2, -0.15) is 0 Å². The first-order valence-electron chi connectivity index (χ1n) is 24.8. The molecular weight excluding hydrogens is 880 g/mol. The van der Waals surface area contributed by atoms with Crippen LogP contribution in [0, 0.1) is 29.5 Å². The number of anilines is 2. The summed E-state index contributed by atoms with van der Waals surface area (Å²) in [4.78, 5) is 76.7. The topological polar surface area (TPSA) is 192 Å². The number of hydrogen-bond acceptors (Lipinski definition) is 9. The van der Waals surface area contributed by atoms with Crippen LogP contribution in [0.5, 0.6) is 0 Å². The first-order valence-corrected chi connectivity index (χ1v) is 24.8. The highest BCUT2D eigenvalue weighted by Crippen LogP contribution is 2.49. The van der Waals surface area contributed by atoms with Crippen molar-refractivity contribution in [3.63, 3.8) is 0 Å². The molecule has 0 radical (unpaired) electrons. The number of imidazole rings is 2. The zero-order chi connectivity index (χ0) is 48.8. The van der Waals surface area contributed by atoms with Crippen molar-refractivity contribution in [2.45, 2.75) is 123 Å². The van der Waals surface area contributed by atoms with Crippen LogP contribution in [0.3, 0.4) is 0 Å². The standard InChI is InChI=1S/C52H67FN10O6/c1-28(2)45(58-51(66)67)49(64)61-20-8-10-43(61)47-54-36-15-12-32(23-38(36)56-47)40-18-19-41(63(40)34-14-17-42(35(53)25-34)60-26-30(5)22-31(6)27-60)33-13-16-37-39(24-33)57-48(55-37)44-11-9-21-62(44)50(65)46(29(3)4)59-52(68)69-7/h12-17,23-25,28-31,40-41,43-46,58H,8-11,18-22,26-27H2,1-7H3,(H,54,56)(H,55,57)(H,59,68)(H,66,67)/t30?,31?,40-,41-,43+,44+,45+,46+/m1/s1. The first kappa shape index (κ1) is 47.7. The largest absolute Gasteiger partial charge is 0.465 e. The average Bonchev–Trinajstić information content (AvgIpc) is 4.17. The molecule has 2 aromatic heterocycles. The molecule has 6 heterocycles. The smallest absolute Gasteiger partial charge is 0.407 e. The molecule has 17 heteroatoms. The molecule has 0 aliphatic carbocycles. The molecule has 8 atom stereocenters. The number of carboxylic acid groups (broad SMARTS) is 1. The van der Waals surface area contributed by atoms with E-state index in [1.165, 1.54) is 7.11 Å². The van der Waals surface area contributed by atoms with Gasteiger partial charge < -0.3 is 50.0 Å². The Kier molecular flexibility index (Phi) is 13.5. The predicted octanol–water partition coefficient (Wildman–Crippen LogP) is 9.14. The van der Waals surface area contributed by atoms with Gasteiger partial charge in [0.2, 0.25) is 11.8 Å². The van der Waals surface area contributed by atoms with E-state index in [0.717, 1.165) is 90.5 Å². The number of aromatic nitrogens is 4. The van der Waals surface area contributed by atoms with E-state index in [4.69, 9.17) is 14.7 Å². The summed E-state index contributed by atoms with van der Waals surface area (Å²) in [5.74, 6) is 1.26. The summed E-state index contributed by atoms with van der Waals surface area (Å²) in [5, 5.41) is 14.6. The zero-order valence-electron chi connectivity index (χ0n) is 40.8. The van der Waals surface area contributed by atoms with Crippen molar-refractivity contribution in [2.24, 2.45) is 23.7 Å². The molecule has 3 aromatic carbocycles. The Morgan fingerprint density at radius 1 is 0.710 bits per heavy atom. The Hall–Kier alpha value is -6.39. The summed E-state index contributed by atoms with van der Waals surface area (Å²) in [7, 11) is 1.29. The molecule has 0 saturated carbocycles. The van der Waals surface area contributed by atoms with Crippen LogP contribution in [-0.4, -0.2) is 104 Å². The molecule has 0 spiro atoms. The van der Waals surface area contributed by atoms with Gasteiger partial charge in [0.1, 0.15) is 29.5 Å². The van der Waals surface area contributed by atoms with Gasteiger partial charge in [-0.05, 0) is 122 Å². The number of amides is 4. The highest BCUT2D eigenvalue weighted by molar-refractivity contribution is 5.87. The van der Waals surface area contributed by atoms with E-state index in [9.17, 15) is 24.3 Å². The number of carbonyl (C=O) groups is 4. The fraction of sp³-hybridized carbons (Fsp3) is 0.538. The minimum atomic E-state index is -1.23. The Labute approximate surface area is 402 Å². The van der Waals surface area contributed by atoms with E-state index in [1.54, 1.807) is 11.0 Å². The molecule has 4 saturated heterocycles. The number of ether oxygens (including phenoxy) is 1. The first-order chi connectivity index (χ1) is 33.1. The third-order valence-corrected chi connectivity index (χ3v) is 14.9. The SMILES string of the molecule is COC(=O)N[C@H](C(=O)N1CCC[C@H]1c1nc2ccc([C@H]3CC[C@H](c4ccc5nc([C@@H]6CCCN6C(=O)[C@@H](NC(=O)O)C(C)C)[nH]c5c4)N3c3ccc(N4CC(C)CC(C)C4)c(F)c3)cc2[nH]1)C(C)C. The number of rotatable bonds is 12. The lowest BCUT2D eigenvalue weighted by atomic mass is 9.91. The van der Waals surface area contributed by atoms with Crippen molar-refractivity contribution in [1.82, 2.24) is 40.4 Å². The summed E-state index contributed by atoms with van der Waals surface area (Å²) in [6.45, 7) is 14.6. The average molecular weight is 947 g/mol. The maximum absolute atomic E-state index is 16.6. The van der Waals surface area contributed by atoms with Crippen LogP contribution < -0.4 is 20.4 Å². The van der Waals surface area contributed by atoms with Crippen LogP contribution in [-0.2, 0) is 14.3 Å². The van der Waals surface area contributed by atoms with Crippen LogP contribution in [0.2, 0.25) is 0 Å². The number of methoxy groups -OCH3 is 1. The number of carbonyl (C=O) groups excluding carboxylic acids is 3. The summed E-state index contributed by atoms with van der Waals surface area (Å²) in [5.41, 5.74) is 6.73. The van der Waals surface area contributed by atoms with Gasteiger partial charge in [0.25, 0.3) is 0 Å². The van der Waals surface area contributed by atoms with Gasteiger partial charge in [0, 0.05) is 31.9 Å². The highest BCUT2D eigenvalue weighted by Gasteiger charge is 2.41. The van der Waals surface area contributed by atoms with E-state index >= 15 is 4.39 Å². The lowest BCUT2D eigenvalue weighted by Gasteiger charge is -2.37. The molecule has 9 rings (SSSR count). The quantitative estimate of drug-likeness (QED) is 0.0806. The molecule has 4 aliphatic rings. The molecule has 16 nitrogen and oxygen atoms in total. The number of alkyl carbamates (subject to hydrolysis) is 1. The summed E-state index contributed by atoms with van der Waals surface area (Å²) in [6, 6.07) is 15.8. The van der Waals surface area contributed by atoms with Crippen LogP contribution in [0.1, 0.15) is 133 Å². The number of benzene rings is 3. The second-order valence-electron chi connectivity index (χ2n) is 20.7. The lowest BCUT2D eigenvalue weighted by molar-refractivity contribution is -0.136. The van der Waals surface area contributed by atoms with Gasteiger partial charge in [-0.3, -0.25) is 9.59 Å². The van der Waals surface area contributed by atoms with Crippen molar-refractivity contribution in [3.8, 4) is 0 Å². The van der Waals surface area contributed by atoms with Gasteiger partial charge in [-0.1, -0.05) is 53.7 Å². The Morgan fingerprint density at radius 2 is 1.22 bits per heavy atom. The van der Waals surface area contributed by atoms with E-state index < -0.39 is 24.3 Å². The maximum atomic E-state index is 16.6. The molecule has 368 valence electrons. The maximum Gasteiger partial charge on any atom is 0.407 e. The fourth-order valence-electron chi connectivity index (χ4n) is 11.8. The number of hydrogen-bond donors (Lipinski definition) is 5. The highest BCUT2D eigenvalue weighted by atomic mass is 19.1. The number of fused-ring (bicyclic) bond motifs is 2. The number of H-pyrrole nitrogens is 2. The van der Waals surface area contributed by atoms with Gasteiger partial charge in [0.15, 0.2) is 0 Å². The van der Waals surface area contributed by atoms with Gasteiger partial charge in [0.05, 0.1) is 59.0 Å². The molecule has 5 N–H and O–H groups in total. The lowest BCUT2D eigenvalue weighted by Crippen LogP contribution is -2.51. The monoisotopic (exact) mass is 947 g/mol. The third kappa shape index (κ3) is 9.52. The van der Waals surface area contributed by atoms with Crippen molar-refractivity contribution in [3.05, 3.63) is 83.2 Å². The Bertz CT molecular complexity index is 2710. The fourth-order valence-corrected chi connectivity index (χ4v) is 11.8. The molecule has 4 aliphatic heterocycles. The molecule has 4 amide bonds. The molecule has 0 bridgehead atoms. The number of likely N-dealkylation sites (tertiary alicyclic amines) is 2. The van der Waals surface area contributed by atoms with E-state index in [-0.39, 0.29) is 53.6 Å². The van der Waals surface area contributed by atoms with Crippen molar-refractivity contribution in [1.29, 1.82) is 0 Å². The zero-order valence-corrected chi connectivity index (χ0v) is 40.8. The van der Waals surface area contributed by atoms with Gasteiger partial charge in [-0.25, -0.2) is 23.9 Å². The molecule has 4 fully saturated rings. The van der Waals surface area contributed by atoms with Crippen molar-refractivity contribution < 1.29 is 33.4 Å². The minimum Gasteiger partial charge on any atom is -0.465 e. The molecular formula is C52H67FN10O6. The van der Waals surface area contributed by atoms with Crippen LogP contribution in [0.25, 0.3) is 22.1 Å². The van der Waals surface area contributed by atoms with Crippen LogP contribution >= 0.6 is 0 Å². The third-order valence-electron chi connectivity index (χ3n) is 14.9. The van der Waals surface area contributed by atoms with Gasteiger partial charge >= 0.3 is 12.2 Å². The van der Waals surface area contributed by atoms with E-state index in [0.29, 0.717) is 48.7 Å². The molecule has 5 aromatic rings. The van der Waals surface area contributed by atoms with Crippen molar-refractivity contribution in [2.75, 3.05) is 43.1 Å². The number of nitrogens with zero attached hydrogens (tertiary/aromatic N) is 6. The molecule has 2 unspecified atom stereocenters. The summed E-state index contributed by atoms with van der Waals surface area (Å²) < 4.78 is 21.4. The van der Waals surface area contributed by atoms with Crippen LogP contribution in [0.15, 0.2) is 54.6 Å². The van der Waals surface area contributed by atoms with Crippen molar-refractivity contribution >= 4 is 57.4 Å². The number of piperidine rings is 1. The second kappa shape index (κ2) is 19.5. The number of nitrogens with one attached hydrogen (secondary N) is 4. The summed E-state index contributed by atoms with van der Waals surface area (Å²) in [6.07, 6.45) is 3.86. The Balaban J connectivity index is 1.03. The van der Waals surface area contributed by atoms with Gasteiger partial charge in [-0.15, -0.1) is 0 Å². The molecule has 69 heavy (non-hydrogen) atoms. The van der Waals surface area contributed by atoms with E-state index in [1.807, 2.05) is 50.8 Å². The predicted molar refractivity (Wildman–Crippen MR) is 262 cm³/mol.